The van der Waals surface area contributed by atoms with Crippen LogP contribution in [0.15, 0.2) is 0 Å². The summed E-state index contributed by atoms with van der Waals surface area (Å²) in [6.07, 6.45) is -0.0408. The van der Waals surface area contributed by atoms with E-state index in [-0.39, 0.29) is 18.7 Å². The summed E-state index contributed by atoms with van der Waals surface area (Å²) in [5, 5.41) is 8.65. The van der Waals surface area contributed by atoms with Gasteiger partial charge in [0, 0.05) is 13.6 Å². The molecular formula is C11H20N2O4. The minimum absolute atomic E-state index is 0.0408. The number of hydrogen-bond donors (Lipinski definition) is 1. The van der Waals surface area contributed by atoms with Crippen molar-refractivity contribution < 1.29 is 19.4 Å². The first-order valence-electron chi connectivity index (χ1n) is 5.61. The van der Waals surface area contributed by atoms with Crippen LogP contribution >= 0.6 is 0 Å². The lowest BCUT2D eigenvalue weighted by atomic mass is 10.1. The molecule has 0 aromatic heterocycles. The Morgan fingerprint density at radius 1 is 1.53 bits per heavy atom. The Kier molecular flexibility index (Phi) is 3.98. The Labute approximate surface area is 101 Å². The molecule has 0 saturated carbocycles. The molecule has 0 spiro atoms. The highest BCUT2D eigenvalue weighted by Crippen LogP contribution is 2.21. The third-order valence-corrected chi connectivity index (χ3v) is 2.54. The molecule has 0 bridgehead atoms. The SMILES string of the molecule is CC1CN(C(=O)N(C)CC(=O)O)CC(C)(C)O1. The fourth-order valence-corrected chi connectivity index (χ4v) is 2.11. The molecule has 6 heteroatoms. The summed E-state index contributed by atoms with van der Waals surface area (Å²) in [6.45, 7) is 6.41. The number of rotatable bonds is 2. The molecule has 1 N–H and O–H groups in total. The van der Waals surface area contributed by atoms with Gasteiger partial charge < -0.3 is 19.6 Å². The standard InChI is InChI=1S/C11H20N2O4/c1-8-5-13(7-11(2,3)17-8)10(16)12(4)6-9(14)15/h8H,5-7H2,1-4H3,(H,14,15). The summed E-state index contributed by atoms with van der Waals surface area (Å²) in [6, 6.07) is -0.268. The molecule has 0 radical (unpaired) electrons. The number of amides is 2. The lowest BCUT2D eigenvalue weighted by molar-refractivity contribution is -0.138. The molecule has 1 fully saturated rings. The zero-order chi connectivity index (χ0) is 13.2. The number of hydrogen-bond acceptors (Lipinski definition) is 3. The predicted octanol–water partition coefficient (Wildman–Crippen LogP) is 0.622. The molecule has 0 aromatic carbocycles. The zero-order valence-corrected chi connectivity index (χ0v) is 10.8. The van der Waals surface area contributed by atoms with Crippen LogP contribution in [0.25, 0.3) is 0 Å². The van der Waals surface area contributed by atoms with Crippen molar-refractivity contribution in [3.63, 3.8) is 0 Å². The van der Waals surface area contributed by atoms with Crippen molar-refractivity contribution in [2.75, 3.05) is 26.7 Å². The highest BCUT2D eigenvalue weighted by molar-refractivity contribution is 5.80. The second-order valence-electron chi connectivity index (χ2n) is 5.10. The molecule has 6 nitrogen and oxygen atoms in total. The van der Waals surface area contributed by atoms with E-state index >= 15 is 0 Å². The summed E-state index contributed by atoms with van der Waals surface area (Å²) in [7, 11) is 1.49. The Morgan fingerprint density at radius 2 is 2.12 bits per heavy atom. The van der Waals surface area contributed by atoms with Crippen LogP contribution in [0.1, 0.15) is 20.8 Å². The first-order chi connectivity index (χ1) is 7.71. The number of likely N-dealkylation sites (N-methyl/N-ethyl adjacent to an activating group) is 1. The number of ether oxygens (including phenoxy) is 1. The number of nitrogens with zero attached hydrogens (tertiary/aromatic N) is 2. The molecule has 0 aliphatic carbocycles. The third kappa shape index (κ3) is 3.89. The zero-order valence-electron chi connectivity index (χ0n) is 10.8. The van der Waals surface area contributed by atoms with E-state index in [1.54, 1.807) is 4.90 Å². The maximum Gasteiger partial charge on any atom is 0.323 e. The average Bonchev–Trinajstić information content (AvgIpc) is 2.12. The van der Waals surface area contributed by atoms with Crippen LogP contribution in [0, 0.1) is 0 Å². The van der Waals surface area contributed by atoms with E-state index in [4.69, 9.17) is 9.84 Å². The Hall–Kier alpha value is -1.30. The van der Waals surface area contributed by atoms with Crippen LogP contribution in [-0.2, 0) is 9.53 Å². The van der Waals surface area contributed by atoms with Crippen LogP contribution in [0.3, 0.4) is 0 Å². The maximum atomic E-state index is 12.0. The van der Waals surface area contributed by atoms with E-state index < -0.39 is 11.6 Å². The van der Waals surface area contributed by atoms with Gasteiger partial charge in [-0.1, -0.05) is 0 Å². The van der Waals surface area contributed by atoms with Gasteiger partial charge in [-0.2, -0.15) is 0 Å². The van der Waals surface area contributed by atoms with Gasteiger partial charge in [0.05, 0.1) is 18.2 Å². The van der Waals surface area contributed by atoms with Crippen LogP contribution < -0.4 is 0 Å². The topological polar surface area (TPSA) is 70.1 Å². The van der Waals surface area contributed by atoms with Crippen molar-refractivity contribution in [3.05, 3.63) is 0 Å². The molecular weight excluding hydrogens is 224 g/mol. The third-order valence-electron chi connectivity index (χ3n) is 2.54. The summed E-state index contributed by atoms with van der Waals surface area (Å²) in [5.74, 6) is -1.01. The Bertz CT molecular complexity index is 317. The molecule has 2 amide bonds. The summed E-state index contributed by atoms with van der Waals surface area (Å²) in [5.41, 5.74) is -0.391. The molecule has 0 aromatic rings. The number of carboxylic acid groups (broad SMARTS) is 1. The van der Waals surface area contributed by atoms with E-state index in [0.717, 1.165) is 0 Å². The smallest absolute Gasteiger partial charge is 0.323 e. The van der Waals surface area contributed by atoms with E-state index in [9.17, 15) is 9.59 Å². The monoisotopic (exact) mass is 244 g/mol. The lowest BCUT2D eigenvalue weighted by Crippen LogP contribution is -2.56. The number of carbonyl (C=O) groups excluding carboxylic acids is 1. The van der Waals surface area contributed by atoms with E-state index in [1.807, 2.05) is 20.8 Å². The maximum absolute atomic E-state index is 12.0. The minimum atomic E-state index is -1.01. The van der Waals surface area contributed by atoms with Gasteiger partial charge in [-0.15, -0.1) is 0 Å². The molecule has 98 valence electrons. The Balaban J connectivity index is 2.65. The predicted molar refractivity (Wildman–Crippen MR) is 61.9 cm³/mol. The summed E-state index contributed by atoms with van der Waals surface area (Å²) < 4.78 is 5.69. The van der Waals surface area contributed by atoms with Gasteiger partial charge >= 0.3 is 12.0 Å². The minimum Gasteiger partial charge on any atom is -0.480 e. The molecule has 1 unspecified atom stereocenters. The first-order valence-corrected chi connectivity index (χ1v) is 5.61. The number of carbonyl (C=O) groups is 2. The van der Waals surface area contributed by atoms with Crippen molar-refractivity contribution in [2.45, 2.75) is 32.5 Å². The Morgan fingerprint density at radius 3 is 2.59 bits per heavy atom. The van der Waals surface area contributed by atoms with Crippen LogP contribution in [0.2, 0.25) is 0 Å². The quantitative estimate of drug-likeness (QED) is 0.773. The van der Waals surface area contributed by atoms with Crippen LogP contribution in [0.4, 0.5) is 4.79 Å². The number of urea groups is 1. The van der Waals surface area contributed by atoms with Gasteiger partial charge in [0.1, 0.15) is 6.54 Å². The van der Waals surface area contributed by atoms with Crippen molar-refractivity contribution in [2.24, 2.45) is 0 Å². The lowest BCUT2D eigenvalue weighted by Gasteiger charge is -2.42. The van der Waals surface area contributed by atoms with Gasteiger partial charge in [-0.25, -0.2) is 4.79 Å². The molecule has 1 aliphatic heterocycles. The highest BCUT2D eigenvalue weighted by Gasteiger charge is 2.34. The molecule has 1 saturated heterocycles. The van der Waals surface area contributed by atoms with Crippen molar-refractivity contribution in [3.8, 4) is 0 Å². The summed E-state index contributed by atoms with van der Waals surface area (Å²) >= 11 is 0. The fraction of sp³-hybridized carbons (Fsp3) is 0.818. The second kappa shape index (κ2) is 4.91. The van der Waals surface area contributed by atoms with Crippen molar-refractivity contribution in [1.29, 1.82) is 0 Å². The van der Waals surface area contributed by atoms with Gasteiger partial charge in [0.2, 0.25) is 0 Å². The normalized spacial score (nSPS) is 23.3. The van der Waals surface area contributed by atoms with Crippen molar-refractivity contribution >= 4 is 12.0 Å². The molecule has 17 heavy (non-hydrogen) atoms. The van der Waals surface area contributed by atoms with Crippen LogP contribution in [0.5, 0.6) is 0 Å². The van der Waals surface area contributed by atoms with Gasteiger partial charge in [0.25, 0.3) is 0 Å². The molecule has 1 aliphatic rings. The number of aliphatic carboxylic acids is 1. The highest BCUT2D eigenvalue weighted by atomic mass is 16.5. The van der Waals surface area contributed by atoms with Gasteiger partial charge in [-0.05, 0) is 20.8 Å². The van der Waals surface area contributed by atoms with Gasteiger partial charge in [0.15, 0.2) is 0 Å². The molecule has 1 heterocycles. The van der Waals surface area contributed by atoms with E-state index in [2.05, 4.69) is 0 Å². The van der Waals surface area contributed by atoms with E-state index in [1.165, 1.54) is 11.9 Å². The van der Waals surface area contributed by atoms with Crippen LogP contribution in [-0.4, -0.2) is 65.3 Å². The largest absolute Gasteiger partial charge is 0.480 e. The summed E-state index contributed by atoms with van der Waals surface area (Å²) in [4.78, 5) is 25.4. The van der Waals surface area contributed by atoms with Gasteiger partial charge in [-0.3, -0.25) is 4.79 Å². The fourth-order valence-electron chi connectivity index (χ4n) is 2.11. The average molecular weight is 244 g/mol. The molecule has 1 atom stereocenters. The number of carboxylic acids is 1. The number of morpholine rings is 1. The molecule has 1 rings (SSSR count). The first kappa shape index (κ1) is 13.8. The van der Waals surface area contributed by atoms with Crippen molar-refractivity contribution in [1.82, 2.24) is 9.80 Å². The van der Waals surface area contributed by atoms with E-state index in [0.29, 0.717) is 13.1 Å². The second-order valence-corrected chi connectivity index (χ2v) is 5.10.